The highest BCUT2D eigenvalue weighted by Crippen LogP contribution is 2.23. The largest absolute Gasteiger partial charge is 0.394 e. The minimum atomic E-state index is -0.133. The van der Waals surface area contributed by atoms with Gasteiger partial charge in [-0.2, -0.15) is 5.10 Å². The fraction of sp³-hybridized carbons (Fsp3) is 0.333. The van der Waals surface area contributed by atoms with E-state index in [4.69, 9.17) is 5.11 Å². The standard InChI is InChI=1S/C18H19N5O3/c24-8-7-23-16-11-22(10-13(16)9-20-23)17(25)5-6-21-12-19-15-4-2-1-3-14(15)18(21)26/h1-4,9,12,24H,5-8,10-11H2. The second-order valence-corrected chi connectivity index (χ2v) is 6.32. The Bertz CT molecular complexity index is 1020. The van der Waals surface area contributed by atoms with Gasteiger partial charge in [-0.05, 0) is 12.1 Å². The molecular formula is C18H19N5O3. The zero-order chi connectivity index (χ0) is 18.1. The van der Waals surface area contributed by atoms with E-state index in [2.05, 4.69) is 10.1 Å². The monoisotopic (exact) mass is 353 g/mol. The number of aromatic nitrogens is 4. The lowest BCUT2D eigenvalue weighted by molar-refractivity contribution is -0.132. The Morgan fingerprint density at radius 1 is 1.19 bits per heavy atom. The molecule has 0 saturated carbocycles. The van der Waals surface area contributed by atoms with Crippen molar-refractivity contribution in [3.63, 3.8) is 0 Å². The molecule has 2 aromatic heterocycles. The summed E-state index contributed by atoms with van der Waals surface area (Å²) in [6, 6.07) is 7.18. The van der Waals surface area contributed by atoms with Crippen molar-refractivity contribution < 1.29 is 9.90 Å². The Hall–Kier alpha value is -3.00. The number of aliphatic hydroxyl groups excluding tert-OH is 1. The highest BCUT2D eigenvalue weighted by Gasteiger charge is 2.26. The first-order valence-electron chi connectivity index (χ1n) is 8.54. The fourth-order valence-electron chi connectivity index (χ4n) is 3.31. The molecule has 0 fully saturated rings. The topological polar surface area (TPSA) is 93.3 Å². The Morgan fingerprint density at radius 2 is 2.04 bits per heavy atom. The summed E-state index contributed by atoms with van der Waals surface area (Å²) in [6.07, 6.45) is 3.48. The Morgan fingerprint density at radius 3 is 2.88 bits per heavy atom. The van der Waals surface area contributed by atoms with E-state index < -0.39 is 0 Å². The van der Waals surface area contributed by atoms with E-state index in [1.165, 1.54) is 10.9 Å². The molecule has 1 amide bonds. The Balaban J connectivity index is 1.44. The lowest BCUT2D eigenvalue weighted by Gasteiger charge is -2.16. The zero-order valence-corrected chi connectivity index (χ0v) is 14.2. The maximum absolute atomic E-state index is 12.5. The fourth-order valence-corrected chi connectivity index (χ4v) is 3.31. The van der Waals surface area contributed by atoms with Crippen molar-refractivity contribution in [1.29, 1.82) is 0 Å². The van der Waals surface area contributed by atoms with Gasteiger partial charge < -0.3 is 10.0 Å². The van der Waals surface area contributed by atoms with Crippen molar-refractivity contribution in [1.82, 2.24) is 24.2 Å². The summed E-state index contributed by atoms with van der Waals surface area (Å²) in [5.41, 5.74) is 2.50. The molecule has 0 bridgehead atoms. The van der Waals surface area contributed by atoms with Crippen LogP contribution in [-0.2, 0) is 31.0 Å². The van der Waals surface area contributed by atoms with E-state index >= 15 is 0 Å². The van der Waals surface area contributed by atoms with Gasteiger partial charge in [0.2, 0.25) is 5.91 Å². The van der Waals surface area contributed by atoms with Gasteiger partial charge in [0.25, 0.3) is 5.56 Å². The summed E-state index contributed by atoms with van der Waals surface area (Å²) >= 11 is 0. The molecule has 0 unspecified atom stereocenters. The van der Waals surface area contributed by atoms with Gasteiger partial charge in [-0.25, -0.2) is 4.98 Å². The van der Waals surface area contributed by atoms with Crippen LogP contribution < -0.4 is 5.56 Å². The van der Waals surface area contributed by atoms with Crippen LogP contribution in [0.2, 0.25) is 0 Å². The molecule has 1 aliphatic rings. The van der Waals surface area contributed by atoms with Gasteiger partial charge in [-0.15, -0.1) is 0 Å². The molecule has 1 aliphatic heterocycles. The third-order valence-electron chi connectivity index (χ3n) is 4.70. The molecule has 4 rings (SSSR count). The number of hydrogen-bond acceptors (Lipinski definition) is 5. The van der Waals surface area contributed by atoms with Crippen LogP contribution in [0.5, 0.6) is 0 Å². The van der Waals surface area contributed by atoms with Crippen LogP contribution in [0.3, 0.4) is 0 Å². The summed E-state index contributed by atoms with van der Waals surface area (Å²) < 4.78 is 3.22. The molecule has 0 saturated heterocycles. The van der Waals surface area contributed by atoms with Crippen LogP contribution in [0.25, 0.3) is 10.9 Å². The van der Waals surface area contributed by atoms with Crippen LogP contribution in [-0.4, -0.2) is 41.9 Å². The van der Waals surface area contributed by atoms with E-state index in [1.807, 2.05) is 6.07 Å². The Labute approximate surface area is 149 Å². The molecule has 26 heavy (non-hydrogen) atoms. The maximum atomic E-state index is 12.5. The van der Waals surface area contributed by atoms with E-state index in [9.17, 15) is 9.59 Å². The normalized spacial score (nSPS) is 13.3. The van der Waals surface area contributed by atoms with Gasteiger partial charge >= 0.3 is 0 Å². The van der Waals surface area contributed by atoms with Crippen molar-refractivity contribution in [2.24, 2.45) is 0 Å². The number of aryl methyl sites for hydroxylation is 1. The molecular weight excluding hydrogens is 334 g/mol. The minimum absolute atomic E-state index is 0.0138. The number of nitrogens with zero attached hydrogens (tertiary/aromatic N) is 5. The molecule has 0 atom stereocenters. The smallest absolute Gasteiger partial charge is 0.261 e. The minimum Gasteiger partial charge on any atom is -0.394 e. The number of benzene rings is 1. The van der Waals surface area contributed by atoms with Crippen LogP contribution in [0.4, 0.5) is 0 Å². The number of para-hydroxylation sites is 1. The second kappa shape index (κ2) is 6.72. The van der Waals surface area contributed by atoms with Gasteiger partial charge in [0, 0.05) is 25.1 Å². The van der Waals surface area contributed by atoms with Crippen molar-refractivity contribution >= 4 is 16.8 Å². The summed E-state index contributed by atoms with van der Waals surface area (Å²) in [6.45, 7) is 1.74. The van der Waals surface area contributed by atoms with E-state index in [0.29, 0.717) is 37.1 Å². The van der Waals surface area contributed by atoms with Gasteiger partial charge in [0.05, 0.1) is 48.8 Å². The number of aliphatic hydroxyl groups is 1. The number of carbonyl (C=O) groups is 1. The zero-order valence-electron chi connectivity index (χ0n) is 14.2. The molecule has 3 aromatic rings. The molecule has 1 N–H and O–H groups in total. The first-order valence-corrected chi connectivity index (χ1v) is 8.54. The molecule has 134 valence electrons. The van der Waals surface area contributed by atoms with E-state index in [1.54, 1.807) is 34.0 Å². The summed E-state index contributed by atoms with van der Waals surface area (Å²) in [5.74, 6) is -0.0168. The van der Waals surface area contributed by atoms with Crippen molar-refractivity contribution in [3.8, 4) is 0 Å². The number of carbonyl (C=O) groups excluding carboxylic acids is 1. The first-order chi connectivity index (χ1) is 12.7. The van der Waals surface area contributed by atoms with Crippen molar-refractivity contribution in [3.05, 3.63) is 58.4 Å². The van der Waals surface area contributed by atoms with Crippen molar-refractivity contribution in [2.75, 3.05) is 6.61 Å². The summed E-state index contributed by atoms with van der Waals surface area (Å²) in [4.78, 5) is 31.0. The molecule has 8 heteroatoms. The molecule has 3 heterocycles. The van der Waals surface area contributed by atoms with E-state index in [-0.39, 0.29) is 24.5 Å². The van der Waals surface area contributed by atoms with Crippen molar-refractivity contribution in [2.45, 2.75) is 32.6 Å². The number of amides is 1. The highest BCUT2D eigenvalue weighted by molar-refractivity contribution is 5.78. The first kappa shape index (κ1) is 16.5. The molecule has 0 spiro atoms. The lowest BCUT2D eigenvalue weighted by Crippen LogP contribution is -2.29. The SMILES string of the molecule is O=C(CCn1cnc2ccccc2c1=O)N1Cc2cnn(CCO)c2C1. The molecule has 0 radical (unpaired) electrons. The molecule has 0 aliphatic carbocycles. The van der Waals surface area contributed by atoms with Crippen LogP contribution >= 0.6 is 0 Å². The quantitative estimate of drug-likeness (QED) is 0.722. The maximum Gasteiger partial charge on any atom is 0.261 e. The lowest BCUT2D eigenvalue weighted by atomic mass is 10.2. The van der Waals surface area contributed by atoms with Gasteiger partial charge in [-0.1, -0.05) is 12.1 Å². The van der Waals surface area contributed by atoms with Crippen LogP contribution in [0.1, 0.15) is 17.7 Å². The Kier molecular flexibility index (Phi) is 4.26. The molecule has 8 nitrogen and oxygen atoms in total. The van der Waals surface area contributed by atoms with Crippen LogP contribution in [0, 0.1) is 0 Å². The average Bonchev–Trinajstić information content (AvgIpc) is 3.23. The second-order valence-electron chi connectivity index (χ2n) is 6.32. The predicted octanol–water partition coefficient (Wildman–Crippen LogP) is 0.518. The highest BCUT2D eigenvalue weighted by atomic mass is 16.3. The van der Waals surface area contributed by atoms with Gasteiger partial charge in [0.15, 0.2) is 0 Å². The third kappa shape index (κ3) is 2.88. The number of rotatable bonds is 5. The average molecular weight is 353 g/mol. The van der Waals surface area contributed by atoms with E-state index in [0.717, 1.165) is 11.3 Å². The number of hydrogen-bond donors (Lipinski definition) is 1. The van der Waals surface area contributed by atoms with Gasteiger partial charge in [0.1, 0.15) is 0 Å². The predicted molar refractivity (Wildman–Crippen MR) is 94.2 cm³/mol. The van der Waals surface area contributed by atoms with Gasteiger partial charge in [-0.3, -0.25) is 18.8 Å². The number of fused-ring (bicyclic) bond motifs is 2. The summed E-state index contributed by atoms with van der Waals surface area (Å²) in [7, 11) is 0. The molecule has 1 aromatic carbocycles. The summed E-state index contributed by atoms with van der Waals surface area (Å²) in [5, 5.41) is 13.9. The third-order valence-corrected chi connectivity index (χ3v) is 4.70. The van der Waals surface area contributed by atoms with Crippen LogP contribution in [0.15, 0.2) is 41.6 Å².